The molecule has 4 heteroatoms. The molecule has 0 radical (unpaired) electrons. The molecule has 0 aromatic heterocycles. The first kappa shape index (κ1) is 35.8. The lowest BCUT2D eigenvalue weighted by molar-refractivity contribution is 0.285. The minimum Gasteiger partial charge on any atom is -0.493 e. The van der Waals surface area contributed by atoms with E-state index < -0.39 is 0 Å². The Hall–Kier alpha value is -2.04. The lowest BCUT2D eigenvalue weighted by atomic mass is 9.76. The predicted octanol–water partition coefficient (Wildman–Crippen LogP) is 10.4. The molecule has 0 saturated carbocycles. The Morgan fingerprint density at radius 1 is 0.511 bits per heavy atom. The summed E-state index contributed by atoms with van der Waals surface area (Å²) in [4.78, 5) is 0. The minimum atomic E-state index is -0.0380. The Bertz CT molecular complexity index is 1100. The molecule has 2 atom stereocenters. The third kappa shape index (κ3) is 10.5. The average molecular weight is 621 g/mol. The summed E-state index contributed by atoms with van der Waals surface area (Å²) >= 11 is 0. The first-order valence-electron chi connectivity index (χ1n) is 17.7. The lowest BCUT2D eigenvalue weighted by Gasteiger charge is -2.32. The minimum absolute atomic E-state index is 0.0380. The van der Waals surface area contributed by atoms with Gasteiger partial charge >= 0.3 is 0 Å². The van der Waals surface area contributed by atoms with E-state index in [2.05, 4.69) is 107 Å². The molecule has 0 N–H and O–H groups in total. The molecule has 2 fully saturated rings. The van der Waals surface area contributed by atoms with Crippen molar-refractivity contribution in [2.75, 3.05) is 26.4 Å². The zero-order chi connectivity index (χ0) is 33.2. The van der Waals surface area contributed by atoms with Crippen LogP contribution < -0.4 is 9.47 Å². The summed E-state index contributed by atoms with van der Waals surface area (Å²) in [5.74, 6) is 2.17. The van der Waals surface area contributed by atoms with Crippen LogP contribution in [0.1, 0.15) is 155 Å². The van der Waals surface area contributed by atoms with Crippen molar-refractivity contribution in [3.05, 3.63) is 57.6 Å². The van der Waals surface area contributed by atoms with Crippen LogP contribution in [0.15, 0.2) is 24.3 Å². The van der Waals surface area contributed by atoms with Crippen molar-refractivity contribution < 1.29 is 18.9 Å². The summed E-state index contributed by atoms with van der Waals surface area (Å²) in [5, 5.41) is 0. The normalized spacial score (nSPS) is 18.7. The summed E-state index contributed by atoms with van der Waals surface area (Å²) in [6, 6.07) is 9.68. The van der Waals surface area contributed by atoms with Gasteiger partial charge in [0.2, 0.25) is 0 Å². The molecule has 2 aromatic rings. The topological polar surface area (TPSA) is 43.5 Å². The number of hydrogen-bond acceptors (Lipinski definition) is 4. The van der Waals surface area contributed by atoms with E-state index in [1.807, 2.05) is 0 Å². The highest BCUT2D eigenvalue weighted by molar-refractivity contribution is 5.54. The van der Waals surface area contributed by atoms with Crippen LogP contribution in [0.2, 0.25) is 0 Å². The third-order valence-electron chi connectivity index (χ3n) is 9.08. The fourth-order valence-corrected chi connectivity index (χ4v) is 6.12. The van der Waals surface area contributed by atoms with Crippen LogP contribution in [0.3, 0.4) is 0 Å². The van der Waals surface area contributed by atoms with E-state index >= 15 is 0 Å². The molecule has 2 aliphatic rings. The maximum atomic E-state index is 6.68. The van der Waals surface area contributed by atoms with Crippen LogP contribution in [0.5, 0.6) is 11.5 Å². The number of hydrogen-bond donors (Lipinski definition) is 0. The van der Waals surface area contributed by atoms with Crippen molar-refractivity contribution in [3.8, 4) is 11.5 Å². The van der Waals surface area contributed by atoms with E-state index in [0.29, 0.717) is 12.2 Å². The first-order valence-corrected chi connectivity index (χ1v) is 17.7. The monoisotopic (exact) mass is 620 g/mol. The Morgan fingerprint density at radius 3 is 1.04 bits per heavy atom. The van der Waals surface area contributed by atoms with Gasteiger partial charge in [-0.15, -0.1) is 0 Å². The highest BCUT2D eigenvalue weighted by Gasteiger charge is 2.31. The lowest BCUT2D eigenvalue weighted by Crippen LogP contribution is -2.22. The maximum absolute atomic E-state index is 6.68. The van der Waals surface area contributed by atoms with Crippen LogP contribution in [0.4, 0.5) is 0 Å². The summed E-state index contributed by atoms with van der Waals surface area (Å²) in [6.45, 7) is 31.1. The van der Waals surface area contributed by atoms with Gasteiger partial charge in [0.05, 0.1) is 38.6 Å². The van der Waals surface area contributed by atoms with Gasteiger partial charge in [-0.2, -0.15) is 0 Å². The zero-order valence-electron chi connectivity index (χ0n) is 30.9. The van der Waals surface area contributed by atoms with Crippen LogP contribution in [0.25, 0.3) is 0 Å². The van der Waals surface area contributed by atoms with Crippen molar-refractivity contribution in [2.24, 2.45) is 0 Å². The van der Waals surface area contributed by atoms with Gasteiger partial charge < -0.3 is 18.9 Å². The predicted molar refractivity (Wildman–Crippen MR) is 189 cm³/mol. The molecule has 0 spiro atoms. The summed E-state index contributed by atoms with van der Waals surface area (Å²) in [7, 11) is 0. The number of benzene rings is 2. The second-order valence-corrected chi connectivity index (χ2v) is 17.8. The summed E-state index contributed by atoms with van der Waals surface area (Å²) in [6.07, 6.45) is 8.57. The van der Waals surface area contributed by atoms with E-state index in [1.165, 1.54) is 33.4 Å². The van der Waals surface area contributed by atoms with E-state index in [4.69, 9.17) is 18.9 Å². The molecule has 45 heavy (non-hydrogen) atoms. The zero-order valence-corrected chi connectivity index (χ0v) is 30.9. The van der Waals surface area contributed by atoms with Crippen LogP contribution in [0, 0.1) is 0 Å². The van der Waals surface area contributed by atoms with E-state index in [9.17, 15) is 0 Å². The van der Waals surface area contributed by atoms with Crippen molar-refractivity contribution in [1.29, 1.82) is 0 Å². The largest absolute Gasteiger partial charge is 0.493 e. The maximum Gasteiger partial charge on any atom is 0.126 e. The third-order valence-corrected chi connectivity index (χ3v) is 9.08. The van der Waals surface area contributed by atoms with Gasteiger partial charge in [0.1, 0.15) is 11.5 Å². The Labute approximate surface area is 276 Å². The van der Waals surface area contributed by atoms with Gasteiger partial charge in [0.25, 0.3) is 0 Å². The van der Waals surface area contributed by atoms with Gasteiger partial charge in [0.15, 0.2) is 0 Å². The smallest absolute Gasteiger partial charge is 0.126 e. The van der Waals surface area contributed by atoms with Crippen molar-refractivity contribution >= 4 is 0 Å². The fraction of sp³-hybridized carbons (Fsp3) is 0.707. The number of unbranched alkanes of at least 4 members (excludes halogenated alkanes) is 2. The van der Waals surface area contributed by atoms with Gasteiger partial charge in [-0.3, -0.25) is 0 Å². The molecule has 2 heterocycles. The molecule has 4 nitrogen and oxygen atoms in total. The standard InChI is InChI=1S/C41H64O4/c1-38(2,3)32-22-28(23-33(39(4,5)6)36(32)42-19-15-13-17-30-26-44-30)21-29-24-34(40(7,8)9)37(35(25-29)41(10,11)12)43-20-16-14-18-31-27-45-31/h22-25,30-31H,13-21,26-27H2,1-12H3. The molecule has 0 aliphatic carbocycles. The van der Waals surface area contributed by atoms with Crippen LogP contribution in [-0.4, -0.2) is 38.6 Å². The van der Waals surface area contributed by atoms with Gasteiger partial charge in [-0.1, -0.05) is 107 Å². The molecule has 4 rings (SSSR count). The summed E-state index contributed by atoms with van der Waals surface area (Å²) < 4.78 is 24.2. The first-order chi connectivity index (χ1) is 20.8. The number of ether oxygens (including phenoxy) is 4. The molecule has 0 amide bonds. The molecule has 2 aromatic carbocycles. The molecule has 0 bridgehead atoms. The van der Waals surface area contributed by atoms with Crippen LogP contribution in [-0.2, 0) is 37.6 Å². The molecular formula is C41H64O4. The Morgan fingerprint density at radius 2 is 0.800 bits per heavy atom. The van der Waals surface area contributed by atoms with Crippen molar-refractivity contribution in [3.63, 3.8) is 0 Å². The quantitative estimate of drug-likeness (QED) is 0.156. The Balaban J connectivity index is 1.67. The molecule has 252 valence electrons. The van der Waals surface area contributed by atoms with E-state index in [-0.39, 0.29) is 21.7 Å². The molecule has 2 saturated heterocycles. The molecule has 2 aliphatic heterocycles. The summed E-state index contributed by atoms with van der Waals surface area (Å²) in [5.41, 5.74) is 7.76. The average Bonchev–Trinajstić information content (AvgIpc) is 3.82. The van der Waals surface area contributed by atoms with Gasteiger partial charge in [-0.05, 0) is 77.7 Å². The highest BCUT2D eigenvalue weighted by atomic mass is 16.6. The molecule has 2 unspecified atom stereocenters. The number of rotatable bonds is 14. The van der Waals surface area contributed by atoms with Gasteiger partial charge in [-0.25, -0.2) is 0 Å². The second kappa shape index (κ2) is 14.0. The van der Waals surface area contributed by atoms with Crippen LogP contribution >= 0.6 is 0 Å². The highest BCUT2D eigenvalue weighted by Crippen LogP contribution is 2.44. The SMILES string of the molecule is CC(C)(C)c1cc(Cc2cc(C(C)(C)C)c(OCCCCC3CO3)c(C(C)(C)C)c2)cc(C(C)(C)C)c1OCCCCC1CO1. The molecular weight excluding hydrogens is 556 g/mol. The van der Waals surface area contributed by atoms with Gasteiger partial charge in [0, 0.05) is 22.3 Å². The van der Waals surface area contributed by atoms with Crippen molar-refractivity contribution in [2.45, 2.75) is 162 Å². The van der Waals surface area contributed by atoms with E-state index in [1.54, 1.807) is 0 Å². The second-order valence-electron chi connectivity index (χ2n) is 17.8. The Kier molecular flexibility index (Phi) is 11.1. The fourth-order valence-electron chi connectivity index (χ4n) is 6.12. The van der Waals surface area contributed by atoms with E-state index in [0.717, 1.165) is 82.9 Å². The van der Waals surface area contributed by atoms with Crippen molar-refractivity contribution in [1.82, 2.24) is 0 Å². The number of epoxide rings is 2.